The number of hydrogen-bond donors (Lipinski definition) is 1. The number of benzene rings is 2. The summed E-state index contributed by atoms with van der Waals surface area (Å²) < 4.78 is 19.5. The van der Waals surface area contributed by atoms with Gasteiger partial charge in [0.05, 0.1) is 10.7 Å². The van der Waals surface area contributed by atoms with Crippen LogP contribution in [0, 0.1) is 12.7 Å². The van der Waals surface area contributed by atoms with Gasteiger partial charge in [0.2, 0.25) is 0 Å². The first-order chi connectivity index (χ1) is 9.68. The highest BCUT2D eigenvalue weighted by Gasteiger charge is 2.20. The quantitative estimate of drug-likeness (QED) is 0.748. The Morgan fingerprint density at radius 2 is 1.76 bits per heavy atom. The van der Waals surface area contributed by atoms with Gasteiger partial charge >= 0.3 is 0 Å². The predicted octanol–water partition coefficient (Wildman–Crippen LogP) is 5.46. The first kappa shape index (κ1) is 15.6. The second kappa shape index (κ2) is 5.57. The predicted molar refractivity (Wildman–Crippen MR) is 85.8 cm³/mol. The van der Waals surface area contributed by atoms with Gasteiger partial charge in [-0.25, -0.2) is 4.39 Å². The lowest BCUT2D eigenvalue weighted by Gasteiger charge is -2.23. The Morgan fingerprint density at radius 1 is 1.10 bits per heavy atom. The fraction of sp³-hybridized carbons (Fsp3) is 0.294. The Hall–Kier alpha value is -1.74. The lowest BCUT2D eigenvalue weighted by atomic mass is 9.86. The van der Waals surface area contributed by atoms with Crippen LogP contribution in [0.1, 0.15) is 31.9 Å². The summed E-state index contributed by atoms with van der Waals surface area (Å²) in [5.41, 5.74) is 8.16. The number of nitrogen functional groups attached to an aromatic ring is 1. The Kier molecular flexibility index (Phi) is 4.15. The molecule has 2 rings (SSSR count). The standard InChI is InChI=1S/C17H19ClFNO/c1-10-5-6-11(17(2,3)4)15(7-10)21-16-9-13(19)12(18)8-14(16)20/h5-9H,20H2,1-4H3. The fourth-order valence-electron chi connectivity index (χ4n) is 2.08. The van der Waals surface area contributed by atoms with Crippen LogP contribution in [-0.2, 0) is 5.41 Å². The van der Waals surface area contributed by atoms with Crippen molar-refractivity contribution in [2.75, 3.05) is 5.73 Å². The Bertz CT molecular complexity index is 677. The van der Waals surface area contributed by atoms with E-state index in [1.54, 1.807) is 0 Å². The van der Waals surface area contributed by atoms with Gasteiger partial charge in [-0.15, -0.1) is 0 Å². The molecule has 0 atom stereocenters. The highest BCUT2D eigenvalue weighted by atomic mass is 35.5. The van der Waals surface area contributed by atoms with E-state index in [-0.39, 0.29) is 16.2 Å². The SMILES string of the molecule is Cc1ccc(C(C)(C)C)c(Oc2cc(F)c(Cl)cc2N)c1. The molecule has 0 aliphatic rings. The third-order valence-corrected chi connectivity index (χ3v) is 3.51. The molecule has 0 unspecified atom stereocenters. The lowest BCUT2D eigenvalue weighted by Crippen LogP contribution is -2.12. The van der Waals surface area contributed by atoms with E-state index in [1.165, 1.54) is 12.1 Å². The van der Waals surface area contributed by atoms with Gasteiger partial charge < -0.3 is 10.5 Å². The van der Waals surface area contributed by atoms with Crippen molar-refractivity contribution in [3.63, 3.8) is 0 Å². The average molecular weight is 308 g/mol. The van der Waals surface area contributed by atoms with E-state index in [4.69, 9.17) is 22.1 Å². The minimum atomic E-state index is -0.550. The molecule has 4 heteroatoms. The summed E-state index contributed by atoms with van der Waals surface area (Å²) in [7, 11) is 0. The van der Waals surface area contributed by atoms with Gasteiger partial charge in [-0.3, -0.25) is 0 Å². The van der Waals surface area contributed by atoms with E-state index in [9.17, 15) is 4.39 Å². The van der Waals surface area contributed by atoms with Crippen LogP contribution < -0.4 is 10.5 Å². The first-order valence-electron chi connectivity index (χ1n) is 6.72. The van der Waals surface area contributed by atoms with Crippen molar-refractivity contribution in [1.82, 2.24) is 0 Å². The molecule has 0 saturated heterocycles. The zero-order valence-corrected chi connectivity index (χ0v) is 13.4. The first-order valence-corrected chi connectivity index (χ1v) is 7.10. The van der Waals surface area contributed by atoms with Gasteiger partial charge in [0.1, 0.15) is 11.6 Å². The number of nitrogens with two attached hydrogens (primary N) is 1. The topological polar surface area (TPSA) is 35.2 Å². The van der Waals surface area contributed by atoms with Crippen molar-refractivity contribution < 1.29 is 9.13 Å². The van der Waals surface area contributed by atoms with E-state index in [0.29, 0.717) is 11.4 Å². The molecule has 2 aromatic carbocycles. The van der Waals surface area contributed by atoms with Gasteiger partial charge in [0.15, 0.2) is 5.75 Å². The highest BCUT2D eigenvalue weighted by Crippen LogP contribution is 2.37. The van der Waals surface area contributed by atoms with Crippen molar-refractivity contribution in [1.29, 1.82) is 0 Å². The molecule has 0 aliphatic heterocycles. The Balaban J connectivity index is 2.49. The summed E-state index contributed by atoms with van der Waals surface area (Å²) >= 11 is 5.71. The Labute approximate surface area is 129 Å². The smallest absolute Gasteiger partial charge is 0.153 e. The van der Waals surface area contributed by atoms with Gasteiger partial charge in [-0.2, -0.15) is 0 Å². The molecule has 2 aromatic rings. The molecule has 0 amide bonds. The summed E-state index contributed by atoms with van der Waals surface area (Å²) in [5.74, 6) is 0.398. The van der Waals surface area contributed by atoms with Gasteiger partial charge in [0, 0.05) is 11.6 Å². The zero-order valence-electron chi connectivity index (χ0n) is 12.6. The molecule has 0 aromatic heterocycles. The average Bonchev–Trinajstić information content (AvgIpc) is 2.34. The van der Waals surface area contributed by atoms with Gasteiger partial charge in [-0.05, 0) is 30.0 Å². The summed E-state index contributed by atoms with van der Waals surface area (Å²) in [5, 5.41) is -0.0138. The maximum atomic E-state index is 13.6. The van der Waals surface area contributed by atoms with Gasteiger partial charge in [-0.1, -0.05) is 44.5 Å². The van der Waals surface area contributed by atoms with Crippen LogP contribution in [0.3, 0.4) is 0 Å². The van der Waals surface area contributed by atoms with Crippen LogP contribution in [0.4, 0.5) is 10.1 Å². The molecule has 0 bridgehead atoms. The van der Waals surface area contributed by atoms with Crippen LogP contribution in [-0.4, -0.2) is 0 Å². The van der Waals surface area contributed by atoms with Crippen molar-refractivity contribution >= 4 is 17.3 Å². The summed E-state index contributed by atoms with van der Waals surface area (Å²) in [4.78, 5) is 0. The van der Waals surface area contributed by atoms with E-state index >= 15 is 0 Å². The molecule has 0 spiro atoms. The second-order valence-corrected chi connectivity index (χ2v) is 6.56. The molecule has 0 aliphatic carbocycles. The van der Waals surface area contributed by atoms with Crippen LogP contribution in [0.15, 0.2) is 30.3 Å². The molecule has 2 nitrogen and oxygen atoms in total. The van der Waals surface area contributed by atoms with E-state index < -0.39 is 5.82 Å². The summed E-state index contributed by atoms with van der Waals surface area (Å²) in [6, 6.07) is 8.55. The van der Waals surface area contributed by atoms with Crippen molar-refractivity contribution in [3.05, 3.63) is 52.3 Å². The molecular formula is C17H19ClFNO. The van der Waals surface area contributed by atoms with Crippen LogP contribution >= 0.6 is 11.6 Å². The lowest BCUT2D eigenvalue weighted by molar-refractivity contribution is 0.453. The monoisotopic (exact) mass is 307 g/mol. The summed E-state index contributed by atoms with van der Waals surface area (Å²) in [6.45, 7) is 8.26. The largest absolute Gasteiger partial charge is 0.455 e. The third-order valence-electron chi connectivity index (χ3n) is 3.22. The molecule has 0 fully saturated rings. The number of hydrogen-bond acceptors (Lipinski definition) is 2. The van der Waals surface area contributed by atoms with Crippen molar-refractivity contribution in [2.24, 2.45) is 0 Å². The second-order valence-electron chi connectivity index (χ2n) is 6.16. The van der Waals surface area contributed by atoms with E-state index in [2.05, 4.69) is 20.8 Å². The molecular weight excluding hydrogens is 289 g/mol. The molecule has 0 heterocycles. The fourth-order valence-corrected chi connectivity index (χ4v) is 2.26. The van der Waals surface area contributed by atoms with Crippen LogP contribution in [0.25, 0.3) is 0 Å². The third kappa shape index (κ3) is 3.48. The van der Waals surface area contributed by atoms with Crippen molar-refractivity contribution in [3.8, 4) is 11.5 Å². The number of ether oxygens (including phenoxy) is 1. The number of rotatable bonds is 2. The molecule has 0 saturated carbocycles. The number of aryl methyl sites for hydroxylation is 1. The highest BCUT2D eigenvalue weighted by molar-refractivity contribution is 6.31. The Morgan fingerprint density at radius 3 is 2.38 bits per heavy atom. The maximum absolute atomic E-state index is 13.6. The molecule has 2 N–H and O–H groups in total. The molecule has 112 valence electrons. The molecule has 21 heavy (non-hydrogen) atoms. The summed E-state index contributed by atoms with van der Waals surface area (Å²) in [6.07, 6.45) is 0. The molecule has 0 radical (unpaired) electrons. The van der Waals surface area contributed by atoms with E-state index in [1.807, 2.05) is 25.1 Å². The zero-order chi connectivity index (χ0) is 15.8. The van der Waals surface area contributed by atoms with E-state index in [0.717, 1.165) is 11.1 Å². The van der Waals surface area contributed by atoms with Crippen molar-refractivity contribution in [2.45, 2.75) is 33.1 Å². The minimum Gasteiger partial charge on any atom is -0.455 e. The normalized spacial score (nSPS) is 11.5. The number of halogens is 2. The minimum absolute atomic E-state index is 0.0138. The number of anilines is 1. The van der Waals surface area contributed by atoms with Crippen LogP contribution in [0.5, 0.6) is 11.5 Å². The van der Waals surface area contributed by atoms with Crippen LogP contribution in [0.2, 0.25) is 5.02 Å². The van der Waals surface area contributed by atoms with Gasteiger partial charge in [0.25, 0.3) is 0 Å². The maximum Gasteiger partial charge on any atom is 0.153 e.